The first kappa shape index (κ1) is 17.3. The number of ether oxygens (including phenoxy) is 2. The predicted molar refractivity (Wildman–Crippen MR) is 86.1 cm³/mol. The topological polar surface area (TPSA) is 84.9 Å². The summed E-state index contributed by atoms with van der Waals surface area (Å²) in [6, 6.07) is 12.5. The molecular weight excluding hydrogens is 318 g/mol. The molecule has 2 aromatic carbocycles. The van der Waals surface area contributed by atoms with Crippen LogP contribution >= 0.6 is 0 Å². The van der Waals surface area contributed by atoms with Crippen LogP contribution in [0.3, 0.4) is 0 Å². The standard InChI is InChI=1S/C16H19NO5S/c1-21-15-9-8-13(10-16(15)22-2)23(19,20)17-14(11-18)12-6-4-3-5-7-12/h3-10,14,17-18H,11H2,1-2H3. The monoisotopic (exact) mass is 337 g/mol. The first-order valence-corrected chi connectivity index (χ1v) is 8.40. The van der Waals surface area contributed by atoms with Gasteiger partial charge < -0.3 is 14.6 Å². The van der Waals surface area contributed by atoms with E-state index in [1.165, 1.54) is 32.4 Å². The molecule has 0 aliphatic carbocycles. The molecule has 0 spiro atoms. The van der Waals surface area contributed by atoms with Gasteiger partial charge in [-0.2, -0.15) is 0 Å². The summed E-state index contributed by atoms with van der Waals surface area (Å²) in [6.07, 6.45) is 0. The zero-order valence-electron chi connectivity index (χ0n) is 12.9. The van der Waals surface area contributed by atoms with Gasteiger partial charge in [0, 0.05) is 6.07 Å². The summed E-state index contributed by atoms with van der Waals surface area (Å²) in [5, 5.41) is 9.50. The van der Waals surface area contributed by atoms with Gasteiger partial charge in [0.15, 0.2) is 11.5 Å². The predicted octanol–water partition coefficient (Wildman–Crippen LogP) is 1.72. The molecule has 0 amide bonds. The fraction of sp³-hybridized carbons (Fsp3) is 0.250. The van der Waals surface area contributed by atoms with Crippen molar-refractivity contribution in [2.75, 3.05) is 20.8 Å². The van der Waals surface area contributed by atoms with Crippen LogP contribution in [0.2, 0.25) is 0 Å². The van der Waals surface area contributed by atoms with Crippen LogP contribution in [0, 0.1) is 0 Å². The number of nitrogens with one attached hydrogen (secondary N) is 1. The molecule has 23 heavy (non-hydrogen) atoms. The average Bonchev–Trinajstić information content (AvgIpc) is 2.59. The quantitative estimate of drug-likeness (QED) is 0.803. The summed E-state index contributed by atoms with van der Waals surface area (Å²) >= 11 is 0. The van der Waals surface area contributed by atoms with Gasteiger partial charge in [0.25, 0.3) is 0 Å². The smallest absolute Gasteiger partial charge is 0.241 e. The fourth-order valence-electron chi connectivity index (χ4n) is 2.14. The third kappa shape index (κ3) is 4.01. The van der Waals surface area contributed by atoms with Gasteiger partial charge in [-0.05, 0) is 17.7 Å². The normalized spacial score (nSPS) is 12.7. The van der Waals surface area contributed by atoms with E-state index in [2.05, 4.69) is 4.72 Å². The molecule has 7 heteroatoms. The van der Waals surface area contributed by atoms with Crippen molar-refractivity contribution in [2.45, 2.75) is 10.9 Å². The van der Waals surface area contributed by atoms with E-state index in [1.54, 1.807) is 24.3 Å². The lowest BCUT2D eigenvalue weighted by Gasteiger charge is -2.17. The molecular formula is C16H19NO5S. The van der Waals surface area contributed by atoms with E-state index >= 15 is 0 Å². The minimum absolute atomic E-state index is 0.0320. The summed E-state index contributed by atoms with van der Waals surface area (Å²) in [7, 11) is -0.916. The molecule has 0 aliphatic rings. The lowest BCUT2D eigenvalue weighted by molar-refractivity contribution is 0.259. The van der Waals surface area contributed by atoms with E-state index in [9.17, 15) is 13.5 Å². The van der Waals surface area contributed by atoms with Crippen molar-refractivity contribution in [3.63, 3.8) is 0 Å². The van der Waals surface area contributed by atoms with Crippen molar-refractivity contribution in [1.82, 2.24) is 4.72 Å². The Balaban J connectivity index is 2.31. The maximum Gasteiger partial charge on any atom is 0.241 e. The number of aliphatic hydroxyl groups is 1. The molecule has 124 valence electrons. The number of benzene rings is 2. The van der Waals surface area contributed by atoms with Gasteiger partial charge in [-0.1, -0.05) is 30.3 Å². The van der Waals surface area contributed by atoms with Crippen LogP contribution in [-0.2, 0) is 10.0 Å². The van der Waals surface area contributed by atoms with Crippen molar-refractivity contribution in [1.29, 1.82) is 0 Å². The molecule has 0 bridgehead atoms. The maximum atomic E-state index is 12.5. The van der Waals surface area contributed by atoms with Gasteiger partial charge in [-0.3, -0.25) is 0 Å². The van der Waals surface area contributed by atoms with Crippen molar-refractivity contribution >= 4 is 10.0 Å². The molecule has 0 heterocycles. The van der Waals surface area contributed by atoms with Crippen LogP contribution in [0.15, 0.2) is 53.4 Å². The minimum atomic E-state index is -3.82. The van der Waals surface area contributed by atoms with Gasteiger partial charge in [0.1, 0.15) is 0 Å². The SMILES string of the molecule is COc1ccc(S(=O)(=O)NC(CO)c2ccccc2)cc1OC. The molecule has 0 aromatic heterocycles. The van der Waals surface area contributed by atoms with Crippen molar-refractivity contribution in [2.24, 2.45) is 0 Å². The summed E-state index contributed by atoms with van der Waals surface area (Å²) in [5.41, 5.74) is 0.680. The molecule has 2 N–H and O–H groups in total. The molecule has 0 radical (unpaired) electrons. The summed E-state index contributed by atoms with van der Waals surface area (Å²) < 4.78 is 37.8. The molecule has 2 rings (SSSR count). The van der Waals surface area contributed by atoms with Crippen molar-refractivity contribution < 1.29 is 23.0 Å². The highest BCUT2D eigenvalue weighted by atomic mass is 32.2. The van der Waals surface area contributed by atoms with Crippen molar-refractivity contribution in [3.8, 4) is 11.5 Å². The Hall–Kier alpha value is -2.09. The largest absolute Gasteiger partial charge is 0.493 e. The van der Waals surface area contributed by atoms with E-state index in [0.717, 1.165) is 0 Å². The molecule has 2 aromatic rings. The van der Waals surface area contributed by atoms with Crippen molar-refractivity contribution in [3.05, 3.63) is 54.1 Å². The Bertz CT molecular complexity index is 746. The molecule has 1 unspecified atom stereocenters. The summed E-state index contributed by atoms with van der Waals surface area (Å²) in [4.78, 5) is 0.0320. The minimum Gasteiger partial charge on any atom is -0.493 e. The Kier molecular flexibility index (Phi) is 5.59. The fourth-order valence-corrected chi connectivity index (χ4v) is 3.37. The van der Waals surface area contributed by atoms with Crippen LogP contribution < -0.4 is 14.2 Å². The second-order valence-corrected chi connectivity index (χ2v) is 6.50. The molecule has 0 saturated heterocycles. The van der Waals surface area contributed by atoms with Crippen LogP contribution in [-0.4, -0.2) is 34.4 Å². The highest BCUT2D eigenvalue weighted by Crippen LogP contribution is 2.29. The Morgan fingerprint density at radius 3 is 2.26 bits per heavy atom. The van der Waals surface area contributed by atoms with E-state index < -0.39 is 16.1 Å². The number of aliphatic hydroxyl groups excluding tert-OH is 1. The Morgan fingerprint density at radius 1 is 1.04 bits per heavy atom. The van der Waals surface area contributed by atoms with Crippen LogP contribution in [0.25, 0.3) is 0 Å². The molecule has 1 atom stereocenters. The first-order chi connectivity index (χ1) is 11.0. The maximum absolute atomic E-state index is 12.5. The second kappa shape index (κ2) is 7.45. The van der Waals surface area contributed by atoms with Gasteiger partial charge in [-0.25, -0.2) is 13.1 Å². The highest BCUT2D eigenvalue weighted by molar-refractivity contribution is 7.89. The zero-order valence-corrected chi connectivity index (χ0v) is 13.7. The highest BCUT2D eigenvalue weighted by Gasteiger charge is 2.22. The van der Waals surface area contributed by atoms with E-state index in [4.69, 9.17) is 9.47 Å². The van der Waals surface area contributed by atoms with Gasteiger partial charge in [-0.15, -0.1) is 0 Å². The molecule has 0 fully saturated rings. The summed E-state index contributed by atoms with van der Waals surface area (Å²) in [6.45, 7) is -0.351. The Labute approximate surface area is 135 Å². The van der Waals surface area contributed by atoms with E-state index in [0.29, 0.717) is 17.1 Å². The first-order valence-electron chi connectivity index (χ1n) is 6.92. The van der Waals surface area contributed by atoms with Gasteiger partial charge in [0.2, 0.25) is 10.0 Å². The summed E-state index contributed by atoms with van der Waals surface area (Å²) in [5.74, 6) is 0.754. The lowest BCUT2D eigenvalue weighted by Crippen LogP contribution is -2.30. The third-order valence-corrected chi connectivity index (χ3v) is 4.82. The van der Waals surface area contributed by atoms with Crippen LogP contribution in [0.5, 0.6) is 11.5 Å². The van der Waals surface area contributed by atoms with E-state index in [-0.39, 0.29) is 11.5 Å². The van der Waals surface area contributed by atoms with E-state index in [1.807, 2.05) is 6.07 Å². The van der Waals surface area contributed by atoms with Crippen LogP contribution in [0.1, 0.15) is 11.6 Å². The van der Waals surface area contributed by atoms with Gasteiger partial charge in [0.05, 0.1) is 31.8 Å². The zero-order chi connectivity index (χ0) is 16.9. The van der Waals surface area contributed by atoms with Crippen LogP contribution in [0.4, 0.5) is 0 Å². The average molecular weight is 337 g/mol. The third-order valence-electron chi connectivity index (χ3n) is 3.35. The number of sulfonamides is 1. The number of rotatable bonds is 7. The molecule has 0 aliphatic heterocycles. The Morgan fingerprint density at radius 2 is 1.70 bits per heavy atom. The molecule has 0 saturated carbocycles. The number of methoxy groups -OCH3 is 2. The molecule has 6 nitrogen and oxygen atoms in total. The number of hydrogen-bond acceptors (Lipinski definition) is 5. The second-order valence-electron chi connectivity index (χ2n) is 4.78. The van der Waals surface area contributed by atoms with Gasteiger partial charge >= 0.3 is 0 Å². The number of hydrogen-bond donors (Lipinski definition) is 2. The lowest BCUT2D eigenvalue weighted by atomic mass is 10.1.